The fourth-order valence-electron chi connectivity index (χ4n) is 2.65. The number of hydrogen-bond acceptors (Lipinski definition) is 7. The zero-order chi connectivity index (χ0) is 18.1. The number of ether oxygens (including phenoxy) is 1. The van der Waals surface area contributed by atoms with Gasteiger partial charge in [0.15, 0.2) is 10.8 Å². The van der Waals surface area contributed by atoms with Gasteiger partial charge in [0.2, 0.25) is 5.88 Å². The number of aromatic hydroxyl groups is 1. The normalized spacial score (nSPS) is 15.2. The van der Waals surface area contributed by atoms with Gasteiger partial charge in [-0.2, -0.15) is 0 Å². The molecule has 4 rings (SSSR count). The Morgan fingerprint density at radius 1 is 1.38 bits per heavy atom. The number of nitrogens with one attached hydrogen (secondary N) is 1. The summed E-state index contributed by atoms with van der Waals surface area (Å²) in [5.41, 5.74) is 1.04. The van der Waals surface area contributed by atoms with Crippen LogP contribution in [0.15, 0.2) is 33.8 Å². The van der Waals surface area contributed by atoms with Crippen LogP contribution in [0.4, 0.5) is 10.8 Å². The molecule has 0 saturated carbocycles. The van der Waals surface area contributed by atoms with Crippen molar-refractivity contribution in [3.05, 3.63) is 34.3 Å². The maximum Gasteiger partial charge on any atom is 0.314 e. The number of carbonyl (C=O) groups is 1. The van der Waals surface area contributed by atoms with Crippen LogP contribution in [0.2, 0.25) is 5.02 Å². The van der Waals surface area contributed by atoms with Crippen molar-refractivity contribution in [2.75, 3.05) is 31.2 Å². The Balaban J connectivity index is 1.56. The molecular formula is C16H14ClN5O3S. The number of amides is 1. The average Bonchev–Trinajstić information content (AvgIpc) is 3.25. The summed E-state index contributed by atoms with van der Waals surface area (Å²) >= 11 is 7.36. The van der Waals surface area contributed by atoms with Crippen molar-refractivity contribution in [1.82, 2.24) is 9.97 Å². The lowest BCUT2D eigenvalue weighted by Crippen LogP contribution is -2.36. The molecule has 2 aromatic heterocycles. The van der Waals surface area contributed by atoms with Crippen LogP contribution in [0, 0.1) is 0 Å². The zero-order valence-corrected chi connectivity index (χ0v) is 15.0. The first-order chi connectivity index (χ1) is 12.6. The van der Waals surface area contributed by atoms with Crippen LogP contribution >= 0.6 is 22.9 Å². The number of aromatic nitrogens is 2. The van der Waals surface area contributed by atoms with Crippen molar-refractivity contribution in [2.24, 2.45) is 10.2 Å². The third-order valence-electron chi connectivity index (χ3n) is 3.95. The summed E-state index contributed by atoms with van der Waals surface area (Å²) in [4.78, 5) is 21.4. The molecule has 3 heterocycles. The standard InChI is InChI=1S/C16H14ClN5O3S/c17-9-1-2-11-10(7-9)13(15(24)18-11)20-21-14(23)12-8-26-16(19-12)22-3-5-25-6-4-22/h1-2,7-8,18,24H,3-6H2. The molecule has 10 heteroatoms. The molecule has 1 saturated heterocycles. The van der Waals surface area contributed by atoms with Gasteiger partial charge in [-0.15, -0.1) is 21.6 Å². The summed E-state index contributed by atoms with van der Waals surface area (Å²) in [5.74, 6) is -0.748. The van der Waals surface area contributed by atoms with Crippen molar-refractivity contribution in [3.8, 4) is 5.88 Å². The van der Waals surface area contributed by atoms with E-state index in [1.807, 2.05) is 0 Å². The molecule has 0 bridgehead atoms. The summed E-state index contributed by atoms with van der Waals surface area (Å²) in [6.07, 6.45) is 0. The molecule has 0 spiro atoms. The number of halogens is 1. The van der Waals surface area contributed by atoms with Crippen molar-refractivity contribution in [3.63, 3.8) is 0 Å². The molecule has 0 radical (unpaired) electrons. The molecule has 1 aliphatic rings. The smallest absolute Gasteiger partial charge is 0.314 e. The van der Waals surface area contributed by atoms with Crippen molar-refractivity contribution < 1.29 is 14.6 Å². The van der Waals surface area contributed by atoms with Gasteiger partial charge in [0.05, 0.1) is 18.7 Å². The number of fused-ring (bicyclic) bond motifs is 1. The van der Waals surface area contributed by atoms with Gasteiger partial charge >= 0.3 is 5.91 Å². The highest BCUT2D eigenvalue weighted by molar-refractivity contribution is 7.13. The van der Waals surface area contributed by atoms with E-state index in [9.17, 15) is 9.90 Å². The first kappa shape index (κ1) is 17.0. The third-order valence-corrected chi connectivity index (χ3v) is 5.08. The van der Waals surface area contributed by atoms with E-state index in [1.165, 1.54) is 11.3 Å². The van der Waals surface area contributed by atoms with E-state index in [2.05, 4.69) is 25.1 Å². The van der Waals surface area contributed by atoms with Crippen LogP contribution in [0.3, 0.4) is 0 Å². The third kappa shape index (κ3) is 3.28. The average molecular weight is 392 g/mol. The molecular weight excluding hydrogens is 378 g/mol. The molecule has 1 aromatic carbocycles. The van der Waals surface area contributed by atoms with Gasteiger partial charge in [-0.05, 0) is 18.2 Å². The first-order valence-corrected chi connectivity index (χ1v) is 9.12. The van der Waals surface area contributed by atoms with Crippen molar-refractivity contribution in [1.29, 1.82) is 0 Å². The minimum absolute atomic E-state index is 0.166. The Labute approximate surface area is 157 Å². The van der Waals surface area contributed by atoms with Gasteiger partial charge in [0, 0.05) is 28.9 Å². The number of anilines is 1. The predicted molar refractivity (Wildman–Crippen MR) is 99.0 cm³/mol. The van der Waals surface area contributed by atoms with Crippen LogP contribution in [0.5, 0.6) is 5.88 Å². The first-order valence-electron chi connectivity index (χ1n) is 7.86. The summed E-state index contributed by atoms with van der Waals surface area (Å²) in [7, 11) is 0. The maximum absolute atomic E-state index is 12.3. The monoisotopic (exact) mass is 391 g/mol. The number of benzene rings is 1. The Bertz CT molecular complexity index is 993. The highest BCUT2D eigenvalue weighted by Gasteiger charge is 2.18. The summed E-state index contributed by atoms with van der Waals surface area (Å²) < 4.78 is 5.31. The number of aromatic amines is 1. The second kappa shape index (κ2) is 7.02. The van der Waals surface area contributed by atoms with Gasteiger partial charge in [-0.3, -0.25) is 4.79 Å². The summed E-state index contributed by atoms with van der Waals surface area (Å²) in [6.45, 7) is 2.77. The fourth-order valence-corrected chi connectivity index (χ4v) is 3.67. The predicted octanol–water partition coefficient (Wildman–Crippen LogP) is 3.74. The Hall–Kier alpha value is -2.49. The molecule has 1 aliphatic heterocycles. The van der Waals surface area contributed by atoms with Crippen LogP contribution in [0.1, 0.15) is 10.5 Å². The van der Waals surface area contributed by atoms with Gasteiger partial charge in [-0.25, -0.2) is 4.98 Å². The lowest BCUT2D eigenvalue weighted by molar-refractivity contribution is 0.0991. The molecule has 0 atom stereocenters. The highest BCUT2D eigenvalue weighted by atomic mass is 35.5. The number of H-pyrrole nitrogens is 1. The molecule has 26 heavy (non-hydrogen) atoms. The Kier molecular flexibility index (Phi) is 4.58. The lowest BCUT2D eigenvalue weighted by atomic mass is 10.2. The second-order valence-electron chi connectivity index (χ2n) is 5.63. The van der Waals surface area contributed by atoms with Crippen LogP contribution in [-0.4, -0.2) is 47.3 Å². The van der Waals surface area contributed by atoms with Crippen molar-refractivity contribution in [2.45, 2.75) is 0 Å². The van der Waals surface area contributed by atoms with Gasteiger partial charge in [-0.1, -0.05) is 11.6 Å². The Morgan fingerprint density at radius 2 is 2.19 bits per heavy atom. The summed E-state index contributed by atoms with van der Waals surface area (Å²) in [6, 6.07) is 5.05. The SMILES string of the molecule is O=C(N=Nc1c(O)[nH]c2ccc(Cl)cc12)c1csc(N2CCOCC2)n1. The van der Waals surface area contributed by atoms with Crippen LogP contribution in [0.25, 0.3) is 10.9 Å². The summed E-state index contributed by atoms with van der Waals surface area (Å²) in [5, 5.41) is 21.1. The van der Waals surface area contributed by atoms with Gasteiger partial charge < -0.3 is 19.7 Å². The highest BCUT2D eigenvalue weighted by Crippen LogP contribution is 2.36. The number of carbonyl (C=O) groups excluding carboxylic acids is 1. The lowest BCUT2D eigenvalue weighted by Gasteiger charge is -2.25. The van der Waals surface area contributed by atoms with E-state index in [1.54, 1.807) is 23.6 Å². The minimum Gasteiger partial charge on any atom is -0.493 e. The van der Waals surface area contributed by atoms with Crippen LogP contribution < -0.4 is 4.90 Å². The van der Waals surface area contributed by atoms with E-state index in [0.717, 1.165) is 18.2 Å². The molecule has 134 valence electrons. The number of thiazole rings is 1. The van der Waals surface area contributed by atoms with Gasteiger partial charge in [0.25, 0.3) is 0 Å². The zero-order valence-electron chi connectivity index (χ0n) is 13.5. The number of hydrogen-bond donors (Lipinski definition) is 2. The van der Waals surface area contributed by atoms with Gasteiger partial charge in [0.1, 0.15) is 5.69 Å². The molecule has 2 N–H and O–H groups in total. The number of rotatable bonds is 3. The molecule has 1 amide bonds. The topological polar surface area (TPSA) is 103 Å². The molecule has 3 aromatic rings. The molecule has 0 unspecified atom stereocenters. The van der Waals surface area contributed by atoms with E-state index in [0.29, 0.717) is 29.1 Å². The van der Waals surface area contributed by atoms with Crippen LogP contribution in [-0.2, 0) is 4.74 Å². The molecule has 8 nitrogen and oxygen atoms in total. The molecule has 0 aliphatic carbocycles. The fraction of sp³-hybridized carbons (Fsp3) is 0.250. The number of azo groups is 1. The van der Waals surface area contributed by atoms with E-state index < -0.39 is 5.91 Å². The minimum atomic E-state index is -0.573. The number of nitrogens with zero attached hydrogens (tertiary/aromatic N) is 4. The number of morpholine rings is 1. The van der Waals surface area contributed by atoms with E-state index >= 15 is 0 Å². The molecule has 1 fully saturated rings. The Morgan fingerprint density at radius 3 is 3.00 bits per heavy atom. The van der Waals surface area contributed by atoms with E-state index in [4.69, 9.17) is 16.3 Å². The van der Waals surface area contributed by atoms with E-state index in [-0.39, 0.29) is 17.3 Å². The maximum atomic E-state index is 12.3. The largest absolute Gasteiger partial charge is 0.493 e. The van der Waals surface area contributed by atoms with Crippen molar-refractivity contribution >= 4 is 50.6 Å². The second-order valence-corrected chi connectivity index (χ2v) is 6.91. The quantitative estimate of drug-likeness (QED) is 0.662.